The minimum atomic E-state index is -3.78. The van der Waals surface area contributed by atoms with E-state index in [-0.39, 0.29) is 14.8 Å². The van der Waals surface area contributed by atoms with Crippen molar-refractivity contribution in [2.45, 2.75) is 4.21 Å². The quantitative estimate of drug-likeness (QED) is 0.832. The van der Waals surface area contributed by atoms with Gasteiger partial charge in [0.05, 0.1) is 10.6 Å². The number of hydrazine groups is 1. The lowest BCUT2D eigenvalue weighted by molar-refractivity contribution is 0.0945. The van der Waals surface area contributed by atoms with E-state index in [1.807, 2.05) is 4.83 Å². The minimum absolute atomic E-state index is 0.0769. The summed E-state index contributed by atoms with van der Waals surface area (Å²) < 4.78 is 23.7. The van der Waals surface area contributed by atoms with Gasteiger partial charge in [0.1, 0.15) is 4.21 Å². The summed E-state index contributed by atoms with van der Waals surface area (Å²) in [7, 11) is -3.78. The summed E-state index contributed by atoms with van der Waals surface area (Å²) in [6.45, 7) is 0. The fraction of sp³-hybridized carbons (Fsp3) is 0. The van der Waals surface area contributed by atoms with Gasteiger partial charge in [-0.15, -0.1) is 16.2 Å². The van der Waals surface area contributed by atoms with Crippen LogP contribution in [0, 0.1) is 0 Å². The second-order valence-electron chi connectivity index (χ2n) is 3.62. The van der Waals surface area contributed by atoms with Gasteiger partial charge in [-0.25, -0.2) is 8.42 Å². The maximum Gasteiger partial charge on any atom is 0.267 e. The molecule has 2 N–H and O–H groups in total. The number of nitrogens with one attached hydrogen (secondary N) is 2. The third kappa shape index (κ3) is 3.50. The van der Waals surface area contributed by atoms with Crippen molar-refractivity contribution in [2.75, 3.05) is 0 Å². The van der Waals surface area contributed by atoms with Crippen LogP contribution in [0.1, 0.15) is 10.4 Å². The first-order valence-electron chi connectivity index (χ1n) is 5.21. The summed E-state index contributed by atoms with van der Waals surface area (Å²) in [5.74, 6) is -0.697. The molecule has 0 fully saturated rings. The van der Waals surface area contributed by atoms with Crippen molar-refractivity contribution in [3.63, 3.8) is 0 Å². The van der Waals surface area contributed by atoms with E-state index in [1.165, 1.54) is 24.3 Å². The second kappa shape index (κ2) is 6.11. The predicted molar refractivity (Wildman–Crippen MR) is 78.6 cm³/mol. The molecule has 0 aliphatic rings. The first-order valence-corrected chi connectivity index (χ1v) is 8.33. The Bertz CT molecular complexity index is 730. The van der Waals surface area contributed by atoms with Crippen molar-refractivity contribution in [3.05, 3.63) is 51.3 Å². The van der Waals surface area contributed by atoms with Gasteiger partial charge in [0, 0.05) is 5.02 Å². The van der Waals surface area contributed by atoms with Crippen LogP contribution in [-0.4, -0.2) is 14.3 Å². The number of sulfonamides is 1. The lowest BCUT2D eigenvalue weighted by atomic mass is 10.2. The van der Waals surface area contributed by atoms with E-state index in [0.717, 1.165) is 11.3 Å². The molecule has 0 aliphatic carbocycles. The van der Waals surface area contributed by atoms with E-state index in [0.29, 0.717) is 5.02 Å². The Labute approximate surface area is 129 Å². The molecule has 1 aromatic carbocycles. The standard InChI is InChI=1S/C11H8Cl2N2O3S2/c12-7-3-4-9(13)8(6-7)11(16)14-15-20(17,18)10-2-1-5-19-10/h1-6,15H,(H,14,16). The summed E-state index contributed by atoms with van der Waals surface area (Å²) >= 11 is 12.6. The zero-order valence-electron chi connectivity index (χ0n) is 9.76. The van der Waals surface area contributed by atoms with Crippen LogP contribution < -0.4 is 10.3 Å². The number of rotatable bonds is 4. The first kappa shape index (κ1) is 15.3. The van der Waals surface area contributed by atoms with Gasteiger partial charge in [-0.05, 0) is 29.6 Å². The smallest absolute Gasteiger partial charge is 0.267 e. The van der Waals surface area contributed by atoms with Crippen LogP contribution in [0.3, 0.4) is 0 Å². The second-order valence-corrected chi connectivity index (χ2v) is 7.32. The Morgan fingerprint density at radius 1 is 1.20 bits per heavy atom. The summed E-state index contributed by atoms with van der Waals surface area (Å²) in [6.07, 6.45) is 0. The molecule has 9 heteroatoms. The van der Waals surface area contributed by atoms with Crippen molar-refractivity contribution >= 4 is 50.5 Å². The third-order valence-corrected chi connectivity index (χ3v) is 5.44. The molecule has 106 valence electrons. The van der Waals surface area contributed by atoms with Gasteiger partial charge in [-0.2, -0.15) is 0 Å². The molecular formula is C11H8Cl2N2O3S2. The van der Waals surface area contributed by atoms with Gasteiger partial charge < -0.3 is 0 Å². The monoisotopic (exact) mass is 350 g/mol. The Hall–Kier alpha value is -1.12. The molecule has 1 heterocycles. The molecule has 0 unspecified atom stereocenters. The van der Waals surface area contributed by atoms with Gasteiger partial charge in [0.2, 0.25) is 0 Å². The maximum absolute atomic E-state index is 11.9. The van der Waals surface area contributed by atoms with Crippen LogP contribution in [0.4, 0.5) is 0 Å². The van der Waals surface area contributed by atoms with E-state index >= 15 is 0 Å². The molecule has 0 radical (unpaired) electrons. The largest absolute Gasteiger partial charge is 0.273 e. The molecule has 0 atom stereocenters. The number of hydrogen-bond donors (Lipinski definition) is 2. The zero-order chi connectivity index (χ0) is 14.8. The SMILES string of the molecule is O=C(NNS(=O)(=O)c1cccs1)c1cc(Cl)ccc1Cl. The fourth-order valence-electron chi connectivity index (χ4n) is 1.32. The Balaban J connectivity index is 2.12. The van der Waals surface area contributed by atoms with Gasteiger partial charge >= 0.3 is 0 Å². The van der Waals surface area contributed by atoms with Crippen LogP contribution in [0.25, 0.3) is 0 Å². The maximum atomic E-state index is 11.9. The van der Waals surface area contributed by atoms with E-state index in [1.54, 1.807) is 11.4 Å². The normalized spacial score (nSPS) is 11.3. The molecule has 5 nitrogen and oxygen atoms in total. The average molecular weight is 351 g/mol. The lowest BCUT2D eigenvalue weighted by Crippen LogP contribution is -2.41. The van der Waals surface area contributed by atoms with Gasteiger partial charge in [-0.3, -0.25) is 10.2 Å². The lowest BCUT2D eigenvalue weighted by Gasteiger charge is -2.08. The molecule has 0 bridgehead atoms. The van der Waals surface area contributed by atoms with Gasteiger partial charge in [0.15, 0.2) is 0 Å². The van der Waals surface area contributed by atoms with Crippen molar-refractivity contribution in [3.8, 4) is 0 Å². The van der Waals surface area contributed by atoms with Crippen LogP contribution in [-0.2, 0) is 10.0 Å². The summed E-state index contributed by atoms with van der Waals surface area (Å²) in [4.78, 5) is 13.8. The van der Waals surface area contributed by atoms with Crippen molar-refractivity contribution in [1.82, 2.24) is 10.3 Å². The molecule has 0 aliphatic heterocycles. The summed E-state index contributed by atoms with van der Waals surface area (Å²) in [6, 6.07) is 7.34. The third-order valence-electron chi connectivity index (χ3n) is 2.23. The Morgan fingerprint density at radius 3 is 2.60 bits per heavy atom. The van der Waals surface area contributed by atoms with Gasteiger partial charge in [-0.1, -0.05) is 29.3 Å². The fourth-order valence-corrected chi connectivity index (χ4v) is 3.53. The van der Waals surface area contributed by atoms with E-state index in [2.05, 4.69) is 5.43 Å². The van der Waals surface area contributed by atoms with E-state index < -0.39 is 15.9 Å². The number of halogens is 2. The van der Waals surface area contributed by atoms with E-state index in [4.69, 9.17) is 23.2 Å². The predicted octanol–water partition coefficient (Wildman–Crippen LogP) is 2.68. The average Bonchev–Trinajstić information content (AvgIpc) is 2.93. The van der Waals surface area contributed by atoms with Gasteiger partial charge in [0.25, 0.3) is 15.9 Å². The number of carbonyl (C=O) groups excluding carboxylic acids is 1. The Morgan fingerprint density at radius 2 is 1.95 bits per heavy atom. The molecule has 20 heavy (non-hydrogen) atoms. The van der Waals surface area contributed by atoms with Crippen molar-refractivity contribution < 1.29 is 13.2 Å². The molecule has 0 spiro atoms. The number of hydrogen-bond acceptors (Lipinski definition) is 4. The highest BCUT2D eigenvalue weighted by Gasteiger charge is 2.17. The van der Waals surface area contributed by atoms with Crippen molar-refractivity contribution in [2.24, 2.45) is 0 Å². The van der Waals surface area contributed by atoms with E-state index in [9.17, 15) is 13.2 Å². The Kier molecular flexibility index (Phi) is 4.66. The molecule has 1 aromatic heterocycles. The summed E-state index contributed by atoms with van der Waals surface area (Å²) in [5, 5.41) is 2.10. The number of amides is 1. The number of benzene rings is 1. The highest BCUT2D eigenvalue weighted by atomic mass is 35.5. The van der Waals surface area contributed by atoms with Crippen LogP contribution in [0.15, 0.2) is 39.9 Å². The van der Waals surface area contributed by atoms with Crippen LogP contribution in [0.5, 0.6) is 0 Å². The highest BCUT2D eigenvalue weighted by Crippen LogP contribution is 2.20. The number of thiophene rings is 1. The molecule has 1 amide bonds. The van der Waals surface area contributed by atoms with Crippen molar-refractivity contribution in [1.29, 1.82) is 0 Å². The summed E-state index contributed by atoms with van der Waals surface area (Å²) in [5.41, 5.74) is 2.16. The molecule has 0 saturated heterocycles. The minimum Gasteiger partial charge on any atom is -0.273 e. The molecule has 0 saturated carbocycles. The number of carbonyl (C=O) groups is 1. The highest BCUT2D eigenvalue weighted by molar-refractivity contribution is 7.91. The molecule has 2 rings (SSSR count). The molecule has 2 aromatic rings. The zero-order valence-corrected chi connectivity index (χ0v) is 12.9. The van der Waals surface area contributed by atoms with Crippen LogP contribution in [0.2, 0.25) is 10.0 Å². The topological polar surface area (TPSA) is 75.3 Å². The van der Waals surface area contributed by atoms with Crippen LogP contribution >= 0.6 is 34.5 Å². The molecular weight excluding hydrogens is 343 g/mol. The first-order chi connectivity index (χ1) is 9.40.